The maximum atomic E-state index is 12.0. The zero-order chi connectivity index (χ0) is 17.8. The molecule has 0 radical (unpaired) electrons. The average Bonchev–Trinajstić information content (AvgIpc) is 3.30. The third-order valence-corrected chi connectivity index (χ3v) is 5.12. The molecule has 0 fully saturated rings. The van der Waals surface area contributed by atoms with Crippen LogP contribution >= 0.6 is 11.3 Å². The number of aryl methyl sites for hydroxylation is 2. The Balaban J connectivity index is 1.33. The van der Waals surface area contributed by atoms with E-state index in [0.29, 0.717) is 6.42 Å². The largest absolute Gasteiger partial charge is 0.342 e. The second kappa shape index (κ2) is 7.54. The lowest BCUT2D eigenvalue weighted by molar-refractivity contribution is -0.115. The highest BCUT2D eigenvalue weighted by molar-refractivity contribution is 7.10. The molecule has 0 saturated heterocycles. The Kier molecular flexibility index (Phi) is 4.80. The first kappa shape index (κ1) is 16.5. The van der Waals surface area contributed by atoms with Gasteiger partial charge >= 0.3 is 0 Å². The van der Waals surface area contributed by atoms with Crippen LogP contribution in [-0.2, 0) is 24.1 Å². The second-order valence-corrected chi connectivity index (χ2v) is 7.23. The first-order valence-electron chi connectivity index (χ1n) is 8.61. The number of amides is 1. The molecule has 4 aromatic rings. The Hall–Kier alpha value is -2.92. The normalized spacial score (nSPS) is 10.9. The number of hydrogen-bond donors (Lipinski definition) is 2. The molecule has 130 valence electrons. The van der Waals surface area contributed by atoms with Crippen LogP contribution < -0.4 is 5.32 Å². The number of carbonyl (C=O) groups excluding carboxylic acids is 1. The number of para-hydroxylation sites is 2. The van der Waals surface area contributed by atoms with E-state index in [1.54, 1.807) is 11.3 Å². The van der Waals surface area contributed by atoms with E-state index in [9.17, 15) is 4.79 Å². The van der Waals surface area contributed by atoms with Crippen LogP contribution in [0.3, 0.4) is 0 Å². The third kappa shape index (κ3) is 4.00. The Labute approximate surface area is 155 Å². The van der Waals surface area contributed by atoms with E-state index in [0.717, 1.165) is 40.3 Å². The van der Waals surface area contributed by atoms with Crippen molar-refractivity contribution in [2.45, 2.75) is 19.3 Å². The van der Waals surface area contributed by atoms with Crippen molar-refractivity contribution < 1.29 is 4.79 Å². The summed E-state index contributed by atoms with van der Waals surface area (Å²) in [6, 6.07) is 20.0. The zero-order valence-electron chi connectivity index (χ0n) is 14.2. The second-order valence-electron chi connectivity index (χ2n) is 6.20. The van der Waals surface area contributed by atoms with E-state index < -0.39 is 0 Å². The molecule has 2 aromatic carbocycles. The van der Waals surface area contributed by atoms with Gasteiger partial charge in [0.1, 0.15) is 5.82 Å². The summed E-state index contributed by atoms with van der Waals surface area (Å²) in [4.78, 5) is 21.1. The number of fused-ring (bicyclic) bond motifs is 1. The highest BCUT2D eigenvalue weighted by Gasteiger charge is 2.06. The number of thiophene rings is 1. The summed E-state index contributed by atoms with van der Waals surface area (Å²) in [6.07, 6.45) is 2.19. The van der Waals surface area contributed by atoms with Crippen LogP contribution in [-0.4, -0.2) is 15.9 Å². The molecule has 5 heteroatoms. The van der Waals surface area contributed by atoms with E-state index in [2.05, 4.69) is 27.4 Å². The van der Waals surface area contributed by atoms with E-state index in [1.165, 1.54) is 5.56 Å². The average molecular weight is 361 g/mol. The van der Waals surface area contributed by atoms with E-state index in [4.69, 9.17) is 0 Å². The molecular weight excluding hydrogens is 342 g/mol. The minimum absolute atomic E-state index is 0.0162. The molecule has 2 aromatic heterocycles. The number of rotatable bonds is 6. The number of nitrogens with one attached hydrogen (secondary N) is 2. The van der Waals surface area contributed by atoms with Crippen molar-refractivity contribution in [1.82, 2.24) is 9.97 Å². The van der Waals surface area contributed by atoms with Gasteiger partial charge in [0.25, 0.3) is 0 Å². The molecule has 0 atom stereocenters. The first-order valence-corrected chi connectivity index (χ1v) is 9.49. The molecule has 1 amide bonds. The maximum absolute atomic E-state index is 12.0. The standard InChI is InChI=1S/C21H19N3OS/c25-21(14-17-4-3-13-26-17)22-16-10-7-15(8-11-16)9-12-20-23-18-5-1-2-6-19(18)24-20/h1-8,10-11,13H,9,12,14H2,(H,22,25)(H,23,24). The number of aromatic nitrogens is 2. The van der Waals surface area contributed by atoms with Gasteiger partial charge in [0, 0.05) is 17.0 Å². The van der Waals surface area contributed by atoms with Crippen LogP contribution in [0.4, 0.5) is 5.69 Å². The Morgan fingerprint density at radius 2 is 1.85 bits per heavy atom. The number of anilines is 1. The molecule has 2 N–H and O–H groups in total. The van der Waals surface area contributed by atoms with Gasteiger partial charge in [-0.15, -0.1) is 11.3 Å². The summed E-state index contributed by atoms with van der Waals surface area (Å²) in [5.74, 6) is 1.02. The van der Waals surface area contributed by atoms with Crippen LogP contribution in [0.25, 0.3) is 11.0 Å². The molecule has 2 heterocycles. The fraction of sp³-hybridized carbons (Fsp3) is 0.143. The van der Waals surface area contributed by atoms with Gasteiger partial charge in [0.05, 0.1) is 17.5 Å². The summed E-state index contributed by atoms with van der Waals surface area (Å²) >= 11 is 1.60. The number of benzene rings is 2. The molecule has 0 saturated carbocycles. The van der Waals surface area contributed by atoms with E-state index >= 15 is 0 Å². The van der Waals surface area contributed by atoms with Gasteiger partial charge in [-0.3, -0.25) is 4.79 Å². The van der Waals surface area contributed by atoms with Gasteiger partial charge in [0.2, 0.25) is 5.91 Å². The van der Waals surface area contributed by atoms with Gasteiger partial charge in [-0.2, -0.15) is 0 Å². The Bertz CT molecular complexity index is 970. The number of hydrogen-bond acceptors (Lipinski definition) is 3. The number of imidazole rings is 1. The van der Waals surface area contributed by atoms with Crippen molar-refractivity contribution in [3.05, 3.63) is 82.3 Å². The summed E-state index contributed by atoms with van der Waals surface area (Å²) in [6.45, 7) is 0. The summed E-state index contributed by atoms with van der Waals surface area (Å²) in [5, 5.41) is 4.93. The van der Waals surface area contributed by atoms with Crippen molar-refractivity contribution in [1.29, 1.82) is 0 Å². The first-order chi connectivity index (χ1) is 12.8. The van der Waals surface area contributed by atoms with Gasteiger partial charge in [-0.05, 0) is 47.7 Å². The lowest BCUT2D eigenvalue weighted by Crippen LogP contribution is -2.13. The summed E-state index contributed by atoms with van der Waals surface area (Å²) < 4.78 is 0. The molecule has 4 rings (SSSR count). The number of carbonyl (C=O) groups is 1. The smallest absolute Gasteiger partial charge is 0.229 e. The van der Waals surface area contributed by atoms with Crippen LogP contribution in [0.2, 0.25) is 0 Å². The van der Waals surface area contributed by atoms with E-state index in [1.807, 2.05) is 53.9 Å². The summed E-state index contributed by atoms with van der Waals surface area (Å²) in [7, 11) is 0. The predicted molar refractivity (Wildman–Crippen MR) is 107 cm³/mol. The van der Waals surface area contributed by atoms with Gasteiger partial charge in [-0.1, -0.05) is 30.3 Å². The fourth-order valence-corrected chi connectivity index (χ4v) is 3.62. The van der Waals surface area contributed by atoms with Crippen molar-refractivity contribution in [2.75, 3.05) is 5.32 Å². The van der Waals surface area contributed by atoms with Gasteiger partial charge in [-0.25, -0.2) is 4.98 Å². The number of aromatic amines is 1. The molecule has 0 unspecified atom stereocenters. The van der Waals surface area contributed by atoms with Crippen LogP contribution in [0.5, 0.6) is 0 Å². The number of nitrogens with zero attached hydrogens (tertiary/aromatic N) is 1. The predicted octanol–water partition coefficient (Wildman–Crippen LogP) is 4.59. The highest BCUT2D eigenvalue weighted by atomic mass is 32.1. The third-order valence-electron chi connectivity index (χ3n) is 4.24. The topological polar surface area (TPSA) is 57.8 Å². The molecule has 0 spiro atoms. The minimum Gasteiger partial charge on any atom is -0.342 e. The lowest BCUT2D eigenvalue weighted by atomic mass is 10.1. The van der Waals surface area contributed by atoms with Gasteiger partial charge < -0.3 is 10.3 Å². The monoisotopic (exact) mass is 361 g/mol. The molecule has 0 aliphatic rings. The van der Waals surface area contributed by atoms with Crippen molar-refractivity contribution in [2.24, 2.45) is 0 Å². The van der Waals surface area contributed by atoms with Crippen molar-refractivity contribution in [3.63, 3.8) is 0 Å². The van der Waals surface area contributed by atoms with Crippen LogP contribution in [0.15, 0.2) is 66.0 Å². The lowest BCUT2D eigenvalue weighted by Gasteiger charge is -2.06. The quantitative estimate of drug-likeness (QED) is 0.528. The Morgan fingerprint density at radius 3 is 2.62 bits per heavy atom. The molecule has 0 bridgehead atoms. The van der Waals surface area contributed by atoms with Crippen molar-refractivity contribution in [3.8, 4) is 0 Å². The van der Waals surface area contributed by atoms with E-state index in [-0.39, 0.29) is 5.91 Å². The zero-order valence-corrected chi connectivity index (χ0v) is 15.1. The van der Waals surface area contributed by atoms with Crippen LogP contribution in [0, 0.1) is 0 Å². The molecule has 4 nitrogen and oxygen atoms in total. The summed E-state index contributed by atoms with van der Waals surface area (Å²) in [5.41, 5.74) is 4.14. The number of H-pyrrole nitrogens is 1. The minimum atomic E-state index is 0.0162. The molecule has 0 aliphatic heterocycles. The maximum Gasteiger partial charge on any atom is 0.229 e. The van der Waals surface area contributed by atoms with Crippen LogP contribution in [0.1, 0.15) is 16.3 Å². The fourth-order valence-electron chi connectivity index (χ4n) is 2.92. The molecule has 26 heavy (non-hydrogen) atoms. The Morgan fingerprint density at radius 1 is 1.00 bits per heavy atom. The SMILES string of the molecule is O=C(Cc1cccs1)Nc1ccc(CCc2nc3ccccc3[nH]2)cc1. The highest BCUT2D eigenvalue weighted by Crippen LogP contribution is 2.15. The molecule has 0 aliphatic carbocycles. The van der Waals surface area contributed by atoms with Crippen molar-refractivity contribution >= 4 is 34.0 Å². The van der Waals surface area contributed by atoms with Gasteiger partial charge in [0.15, 0.2) is 0 Å². The molecular formula is C21H19N3OS.